The molecule has 0 aromatic carbocycles. The Kier molecular flexibility index (Phi) is 3.32. The minimum absolute atomic E-state index is 0.0640. The topological polar surface area (TPSA) is 64.2 Å². The summed E-state index contributed by atoms with van der Waals surface area (Å²) in [4.78, 5) is 14.5. The van der Waals surface area contributed by atoms with E-state index < -0.39 is 0 Å². The Balaban J connectivity index is 1.75. The number of likely N-dealkylation sites (tertiary alicyclic amines) is 1. The summed E-state index contributed by atoms with van der Waals surface area (Å²) in [5.74, 6) is 1.53. The van der Waals surface area contributed by atoms with Crippen molar-refractivity contribution in [1.29, 1.82) is 0 Å². The standard InChI is InChI=1S/C15H24N4O/c1-9(2)14-6-13(17-18(14)3)15(20)19-7-10-4-5-12(16)11(10)8-19/h6,9-12H,4-5,7-8,16H2,1-3H3. The van der Waals surface area contributed by atoms with Gasteiger partial charge in [0.15, 0.2) is 5.69 Å². The molecule has 1 saturated heterocycles. The zero-order chi connectivity index (χ0) is 14.4. The highest BCUT2D eigenvalue weighted by Gasteiger charge is 2.43. The van der Waals surface area contributed by atoms with E-state index in [2.05, 4.69) is 18.9 Å². The highest BCUT2D eigenvalue weighted by molar-refractivity contribution is 5.92. The van der Waals surface area contributed by atoms with Crippen LogP contribution in [0.15, 0.2) is 6.07 Å². The summed E-state index contributed by atoms with van der Waals surface area (Å²) in [6, 6.07) is 2.20. The first kappa shape index (κ1) is 13.6. The molecule has 0 radical (unpaired) electrons. The first-order valence-corrected chi connectivity index (χ1v) is 7.56. The Morgan fingerprint density at radius 1 is 1.40 bits per heavy atom. The maximum Gasteiger partial charge on any atom is 0.274 e. The lowest BCUT2D eigenvalue weighted by Gasteiger charge is -2.17. The minimum Gasteiger partial charge on any atom is -0.337 e. The van der Waals surface area contributed by atoms with E-state index in [-0.39, 0.29) is 11.9 Å². The molecule has 3 atom stereocenters. The Morgan fingerprint density at radius 2 is 2.15 bits per heavy atom. The van der Waals surface area contributed by atoms with Gasteiger partial charge in [-0.15, -0.1) is 0 Å². The van der Waals surface area contributed by atoms with Gasteiger partial charge in [0.1, 0.15) is 0 Å². The number of aryl methyl sites for hydroxylation is 1. The van der Waals surface area contributed by atoms with Crippen LogP contribution in [-0.2, 0) is 7.05 Å². The first-order valence-electron chi connectivity index (χ1n) is 7.56. The van der Waals surface area contributed by atoms with Crippen LogP contribution in [0.5, 0.6) is 0 Å². The summed E-state index contributed by atoms with van der Waals surface area (Å²) in [5, 5.41) is 4.38. The molecule has 1 aromatic rings. The summed E-state index contributed by atoms with van der Waals surface area (Å²) >= 11 is 0. The van der Waals surface area contributed by atoms with Crippen molar-refractivity contribution in [3.8, 4) is 0 Å². The van der Waals surface area contributed by atoms with Crippen molar-refractivity contribution in [2.75, 3.05) is 13.1 Å². The third-order valence-corrected chi connectivity index (χ3v) is 4.93. The third-order valence-electron chi connectivity index (χ3n) is 4.93. The smallest absolute Gasteiger partial charge is 0.274 e. The molecule has 2 heterocycles. The van der Waals surface area contributed by atoms with Crippen molar-refractivity contribution in [3.05, 3.63) is 17.5 Å². The first-order chi connectivity index (χ1) is 9.47. The summed E-state index contributed by atoms with van der Waals surface area (Å²) in [5.41, 5.74) is 7.81. The van der Waals surface area contributed by atoms with E-state index in [0.29, 0.717) is 23.4 Å². The van der Waals surface area contributed by atoms with Crippen molar-refractivity contribution in [3.63, 3.8) is 0 Å². The highest BCUT2D eigenvalue weighted by atomic mass is 16.2. The van der Waals surface area contributed by atoms with Crippen LogP contribution in [-0.4, -0.2) is 39.7 Å². The molecular weight excluding hydrogens is 252 g/mol. The predicted octanol–water partition coefficient (Wildman–Crippen LogP) is 1.35. The summed E-state index contributed by atoms with van der Waals surface area (Å²) in [7, 11) is 1.90. The van der Waals surface area contributed by atoms with E-state index in [1.54, 1.807) is 0 Å². The minimum atomic E-state index is 0.0640. The molecule has 0 spiro atoms. The van der Waals surface area contributed by atoms with Gasteiger partial charge < -0.3 is 10.6 Å². The second kappa shape index (κ2) is 4.88. The number of nitrogens with zero attached hydrogens (tertiary/aromatic N) is 3. The van der Waals surface area contributed by atoms with Gasteiger partial charge in [0, 0.05) is 31.9 Å². The van der Waals surface area contributed by atoms with Crippen LogP contribution in [0.3, 0.4) is 0 Å². The third kappa shape index (κ3) is 2.14. The molecule has 1 saturated carbocycles. The normalized spacial score (nSPS) is 29.2. The number of nitrogens with two attached hydrogens (primary N) is 1. The second-order valence-electron chi connectivity index (χ2n) is 6.61. The van der Waals surface area contributed by atoms with Crippen molar-refractivity contribution < 1.29 is 4.79 Å². The van der Waals surface area contributed by atoms with Gasteiger partial charge in [-0.25, -0.2) is 0 Å². The van der Waals surface area contributed by atoms with Crippen molar-refractivity contribution in [1.82, 2.24) is 14.7 Å². The molecule has 110 valence electrons. The Morgan fingerprint density at radius 3 is 2.75 bits per heavy atom. The molecule has 2 N–H and O–H groups in total. The zero-order valence-electron chi connectivity index (χ0n) is 12.5. The Hall–Kier alpha value is -1.36. The number of rotatable bonds is 2. The van der Waals surface area contributed by atoms with Crippen LogP contribution in [0.4, 0.5) is 0 Å². The fraction of sp³-hybridized carbons (Fsp3) is 0.733. The van der Waals surface area contributed by atoms with Crippen LogP contribution in [0.25, 0.3) is 0 Å². The zero-order valence-corrected chi connectivity index (χ0v) is 12.5. The molecule has 0 bridgehead atoms. The van der Waals surface area contributed by atoms with Crippen LogP contribution < -0.4 is 5.73 Å². The highest BCUT2D eigenvalue weighted by Crippen LogP contribution is 2.37. The van der Waals surface area contributed by atoms with Crippen LogP contribution in [0.1, 0.15) is 48.8 Å². The number of aromatic nitrogens is 2. The molecule has 1 aromatic heterocycles. The second-order valence-corrected chi connectivity index (χ2v) is 6.61. The monoisotopic (exact) mass is 276 g/mol. The number of carbonyl (C=O) groups excluding carboxylic acids is 1. The van der Waals surface area contributed by atoms with Gasteiger partial charge in [-0.05, 0) is 36.7 Å². The molecule has 5 nitrogen and oxygen atoms in total. The molecule has 3 unspecified atom stereocenters. The lowest BCUT2D eigenvalue weighted by molar-refractivity contribution is 0.0773. The number of fused-ring (bicyclic) bond motifs is 1. The molecular formula is C15H24N4O. The van der Waals surface area contributed by atoms with Gasteiger partial charge >= 0.3 is 0 Å². The number of hydrogen-bond acceptors (Lipinski definition) is 3. The molecule has 1 aliphatic heterocycles. The fourth-order valence-corrected chi connectivity index (χ4v) is 3.76. The molecule has 2 aliphatic rings. The lowest BCUT2D eigenvalue weighted by Crippen LogP contribution is -2.33. The van der Waals surface area contributed by atoms with E-state index in [0.717, 1.165) is 31.6 Å². The van der Waals surface area contributed by atoms with E-state index in [1.165, 1.54) is 0 Å². The van der Waals surface area contributed by atoms with E-state index in [1.807, 2.05) is 22.7 Å². The van der Waals surface area contributed by atoms with Gasteiger partial charge in [0.05, 0.1) is 0 Å². The van der Waals surface area contributed by atoms with Crippen LogP contribution >= 0.6 is 0 Å². The van der Waals surface area contributed by atoms with Gasteiger partial charge in [-0.2, -0.15) is 5.10 Å². The number of hydrogen-bond donors (Lipinski definition) is 1. The summed E-state index contributed by atoms with van der Waals surface area (Å²) in [6.07, 6.45) is 2.27. The maximum absolute atomic E-state index is 12.6. The van der Waals surface area contributed by atoms with Crippen molar-refractivity contribution in [2.45, 2.75) is 38.6 Å². The van der Waals surface area contributed by atoms with E-state index in [4.69, 9.17) is 5.73 Å². The van der Waals surface area contributed by atoms with Crippen LogP contribution in [0.2, 0.25) is 0 Å². The van der Waals surface area contributed by atoms with Crippen molar-refractivity contribution >= 4 is 5.91 Å². The number of amides is 1. The quantitative estimate of drug-likeness (QED) is 0.887. The van der Waals surface area contributed by atoms with E-state index in [9.17, 15) is 4.79 Å². The van der Waals surface area contributed by atoms with E-state index >= 15 is 0 Å². The van der Waals surface area contributed by atoms with Gasteiger partial charge in [0.25, 0.3) is 5.91 Å². The maximum atomic E-state index is 12.6. The summed E-state index contributed by atoms with van der Waals surface area (Å²) in [6.45, 7) is 5.89. The van der Waals surface area contributed by atoms with Gasteiger partial charge in [-0.1, -0.05) is 13.8 Å². The average molecular weight is 276 g/mol. The Labute approximate surface area is 120 Å². The van der Waals surface area contributed by atoms with Gasteiger partial charge in [0.2, 0.25) is 0 Å². The average Bonchev–Trinajstić information content (AvgIpc) is 3.05. The molecule has 3 rings (SSSR count). The molecule has 1 aliphatic carbocycles. The predicted molar refractivity (Wildman–Crippen MR) is 77.4 cm³/mol. The SMILES string of the molecule is CC(C)c1cc(C(=O)N2CC3CCC(N)C3C2)nn1C. The molecule has 5 heteroatoms. The largest absolute Gasteiger partial charge is 0.337 e. The van der Waals surface area contributed by atoms with Crippen LogP contribution in [0, 0.1) is 11.8 Å². The summed E-state index contributed by atoms with van der Waals surface area (Å²) < 4.78 is 1.82. The molecule has 2 fully saturated rings. The van der Waals surface area contributed by atoms with Gasteiger partial charge in [-0.3, -0.25) is 9.48 Å². The number of carbonyl (C=O) groups is 1. The molecule has 20 heavy (non-hydrogen) atoms. The van der Waals surface area contributed by atoms with Crippen molar-refractivity contribution in [2.24, 2.45) is 24.6 Å². The molecule has 1 amide bonds. The Bertz CT molecular complexity index is 522. The fourth-order valence-electron chi connectivity index (χ4n) is 3.76. The lowest BCUT2D eigenvalue weighted by atomic mass is 9.98.